The van der Waals surface area contributed by atoms with Gasteiger partial charge in [-0.3, -0.25) is 0 Å². The lowest BCUT2D eigenvalue weighted by Gasteiger charge is -2.30. The van der Waals surface area contributed by atoms with E-state index in [0.717, 1.165) is 40.4 Å². The quantitative estimate of drug-likeness (QED) is 0.290. The molecule has 0 saturated carbocycles. The monoisotopic (exact) mass is 445 g/mol. The molecule has 0 radical (unpaired) electrons. The van der Waals surface area contributed by atoms with Gasteiger partial charge in [0.15, 0.2) is 0 Å². The predicted octanol–water partition coefficient (Wildman–Crippen LogP) is 6.52. The third kappa shape index (κ3) is 5.78. The molecule has 3 aromatic carbocycles. The van der Waals surface area contributed by atoms with E-state index in [4.69, 9.17) is 23.2 Å². The van der Waals surface area contributed by atoms with E-state index in [2.05, 4.69) is 24.4 Å². The van der Waals surface area contributed by atoms with Crippen molar-refractivity contribution in [2.45, 2.75) is 29.6 Å². The molecule has 0 aliphatic heterocycles. The molecule has 29 heavy (non-hydrogen) atoms. The Morgan fingerprint density at radius 2 is 1.62 bits per heavy atom. The molecule has 3 aromatic rings. The fraction of sp³-hybridized carbons (Fsp3) is 0.250. The van der Waals surface area contributed by atoms with Gasteiger partial charge < -0.3 is 10.4 Å². The van der Waals surface area contributed by atoms with Crippen LogP contribution in [0.15, 0.2) is 77.7 Å². The first kappa shape index (κ1) is 22.2. The number of benzene rings is 3. The lowest BCUT2D eigenvalue weighted by Crippen LogP contribution is -2.32. The van der Waals surface area contributed by atoms with Crippen LogP contribution >= 0.6 is 35.0 Å². The van der Waals surface area contributed by atoms with Crippen molar-refractivity contribution in [1.29, 1.82) is 0 Å². The van der Waals surface area contributed by atoms with Gasteiger partial charge in [-0.2, -0.15) is 0 Å². The molecule has 0 saturated heterocycles. The van der Waals surface area contributed by atoms with E-state index < -0.39 is 5.60 Å². The summed E-state index contributed by atoms with van der Waals surface area (Å²) in [6.07, 6.45) is 0.609. The SMILES string of the molecule is CCNCCC(O)(c1ccccc1)c1ccc(SCc2ccc(Cl)cc2Cl)cc1. The summed E-state index contributed by atoms with van der Waals surface area (Å²) >= 11 is 14.0. The van der Waals surface area contributed by atoms with Crippen molar-refractivity contribution in [2.24, 2.45) is 0 Å². The molecule has 5 heteroatoms. The number of thioether (sulfide) groups is 1. The lowest BCUT2D eigenvalue weighted by molar-refractivity contribution is 0.0712. The van der Waals surface area contributed by atoms with Gasteiger partial charge in [-0.1, -0.05) is 78.7 Å². The van der Waals surface area contributed by atoms with E-state index in [1.54, 1.807) is 17.8 Å². The molecule has 1 atom stereocenters. The zero-order valence-electron chi connectivity index (χ0n) is 16.4. The van der Waals surface area contributed by atoms with Crippen molar-refractivity contribution >= 4 is 35.0 Å². The Labute approximate surface area is 187 Å². The minimum atomic E-state index is -1.02. The Hall–Kier alpha value is -1.49. The molecule has 0 aliphatic rings. The first-order valence-corrected chi connectivity index (χ1v) is 11.4. The van der Waals surface area contributed by atoms with Gasteiger partial charge >= 0.3 is 0 Å². The normalized spacial score (nSPS) is 13.2. The lowest BCUT2D eigenvalue weighted by atomic mass is 9.83. The molecule has 152 valence electrons. The minimum Gasteiger partial charge on any atom is -0.380 e. The molecular weight excluding hydrogens is 421 g/mol. The molecule has 0 heterocycles. The van der Waals surface area contributed by atoms with Crippen molar-refractivity contribution in [1.82, 2.24) is 5.32 Å². The van der Waals surface area contributed by atoms with Crippen molar-refractivity contribution in [3.05, 3.63) is 99.5 Å². The van der Waals surface area contributed by atoms with Gasteiger partial charge in [0.2, 0.25) is 0 Å². The third-order valence-corrected chi connectivity index (χ3v) is 6.55. The van der Waals surface area contributed by atoms with Crippen LogP contribution in [0.4, 0.5) is 0 Å². The molecule has 0 amide bonds. The Bertz CT molecular complexity index is 918. The molecule has 2 N–H and O–H groups in total. The number of hydrogen-bond acceptors (Lipinski definition) is 3. The van der Waals surface area contributed by atoms with Crippen LogP contribution in [0, 0.1) is 0 Å². The maximum absolute atomic E-state index is 11.6. The molecule has 3 rings (SSSR count). The molecule has 0 aliphatic carbocycles. The van der Waals surface area contributed by atoms with Gasteiger partial charge in [0.1, 0.15) is 5.60 Å². The Morgan fingerprint density at radius 1 is 0.931 bits per heavy atom. The molecule has 0 spiro atoms. The second-order valence-corrected chi connectivity index (χ2v) is 8.77. The van der Waals surface area contributed by atoms with E-state index in [1.165, 1.54) is 0 Å². The second-order valence-electron chi connectivity index (χ2n) is 6.88. The Kier molecular flexibility index (Phi) is 8.05. The highest BCUT2D eigenvalue weighted by Crippen LogP contribution is 2.35. The molecular formula is C24H25Cl2NOS. The fourth-order valence-corrected chi connectivity index (χ4v) is 4.70. The standard InChI is InChI=1S/C24H25Cl2NOS/c1-2-27-15-14-24(28,19-6-4-3-5-7-19)20-9-12-22(13-10-20)29-17-18-8-11-21(25)16-23(18)26/h3-13,16,27-28H,2,14-15,17H2,1H3. The van der Waals surface area contributed by atoms with Crippen molar-refractivity contribution in [3.8, 4) is 0 Å². The zero-order chi connectivity index (χ0) is 20.7. The number of halogens is 2. The second kappa shape index (κ2) is 10.5. The van der Waals surface area contributed by atoms with Crippen LogP contribution in [0.1, 0.15) is 30.0 Å². The summed E-state index contributed by atoms with van der Waals surface area (Å²) in [5.74, 6) is 0.763. The van der Waals surface area contributed by atoms with Crippen molar-refractivity contribution < 1.29 is 5.11 Å². The van der Waals surface area contributed by atoms with Crippen LogP contribution in [0.25, 0.3) is 0 Å². The molecule has 0 fully saturated rings. The van der Waals surface area contributed by atoms with Crippen LogP contribution < -0.4 is 5.32 Å². The van der Waals surface area contributed by atoms with E-state index in [9.17, 15) is 5.11 Å². The number of nitrogens with one attached hydrogen (secondary N) is 1. The van der Waals surface area contributed by atoms with Gasteiger partial charge in [-0.25, -0.2) is 0 Å². The Balaban J connectivity index is 1.76. The highest BCUT2D eigenvalue weighted by Gasteiger charge is 2.30. The van der Waals surface area contributed by atoms with E-state index in [0.29, 0.717) is 16.5 Å². The first-order valence-electron chi connectivity index (χ1n) is 9.69. The fourth-order valence-electron chi connectivity index (χ4n) is 3.24. The summed E-state index contributed by atoms with van der Waals surface area (Å²) in [7, 11) is 0. The van der Waals surface area contributed by atoms with Gasteiger partial charge in [-0.05, 0) is 60.5 Å². The van der Waals surface area contributed by atoms with E-state index >= 15 is 0 Å². The topological polar surface area (TPSA) is 32.3 Å². The average Bonchev–Trinajstić information content (AvgIpc) is 2.74. The summed E-state index contributed by atoms with van der Waals surface area (Å²) in [6, 6.07) is 23.6. The number of aliphatic hydroxyl groups is 1. The highest BCUT2D eigenvalue weighted by atomic mass is 35.5. The number of hydrogen-bond donors (Lipinski definition) is 2. The summed E-state index contributed by atoms with van der Waals surface area (Å²) in [5.41, 5.74) is 1.84. The summed E-state index contributed by atoms with van der Waals surface area (Å²) in [6.45, 7) is 3.70. The van der Waals surface area contributed by atoms with Crippen LogP contribution in [0.2, 0.25) is 10.0 Å². The predicted molar refractivity (Wildman–Crippen MR) is 125 cm³/mol. The summed E-state index contributed by atoms with van der Waals surface area (Å²) in [4.78, 5) is 1.13. The van der Waals surface area contributed by atoms with Crippen LogP contribution in [0.5, 0.6) is 0 Å². The van der Waals surface area contributed by atoms with Crippen LogP contribution in [-0.2, 0) is 11.4 Å². The van der Waals surface area contributed by atoms with Crippen LogP contribution in [0.3, 0.4) is 0 Å². The molecule has 2 nitrogen and oxygen atoms in total. The maximum atomic E-state index is 11.6. The molecule has 1 unspecified atom stereocenters. The van der Waals surface area contributed by atoms with Gasteiger partial charge in [-0.15, -0.1) is 11.8 Å². The Morgan fingerprint density at radius 3 is 2.28 bits per heavy atom. The van der Waals surface area contributed by atoms with E-state index in [1.807, 2.05) is 54.6 Å². The van der Waals surface area contributed by atoms with Crippen molar-refractivity contribution in [2.75, 3.05) is 13.1 Å². The van der Waals surface area contributed by atoms with Crippen molar-refractivity contribution in [3.63, 3.8) is 0 Å². The largest absolute Gasteiger partial charge is 0.380 e. The van der Waals surface area contributed by atoms with Gasteiger partial charge in [0.25, 0.3) is 0 Å². The molecule has 0 bridgehead atoms. The minimum absolute atomic E-state index is 0.609. The summed E-state index contributed by atoms with van der Waals surface area (Å²) < 4.78 is 0. The summed E-state index contributed by atoms with van der Waals surface area (Å²) in [5, 5.41) is 16.2. The molecule has 0 aromatic heterocycles. The number of rotatable bonds is 9. The zero-order valence-corrected chi connectivity index (χ0v) is 18.7. The maximum Gasteiger partial charge on any atom is 0.116 e. The van der Waals surface area contributed by atoms with E-state index in [-0.39, 0.29) is 0 Å². The van der Waals surface area contributed by atoms with Gasteiger partial charge in [0.05, 0.1) is 0 Å². The smallest absolute Gasteiger partial charge is 0.116 e. The highest BCUT2D eigenvalue weighted by molar-refractivity contribution is 7.98. The van der Waals surface area contributed by atoms with Crippen LogP contribution in [-0.4, -0.2) is 18.2 Å². The van der Waals surface area contributed by atoms with Gasteiger partial charge in [0, 0.05) is 20.7 Å². The first-order chi connectivity index (χ1) is 14.0. The average molecular weight is 446 g/mol. The third-order valence-electron chi connectivity index (χ3n) is 4.91.